The zero-order chi connectivity index (χ0) is 28.2. The summed E-state index contributed by atoms with van der Waals surface area (Å²) in [6.45, 7) is 6.45. The van der Waals surface area contributed by atoms with Gasteiger partial charge in [0, 0.05) is 28.4 Å². The highest BCUT2D eigenvalue weighted by molar-refractivity contribution is 5.79. The van der Waals surface area contributed by atoms with Crippen LogP contribution in [0, 0.1) is 19.8 Å². The number of anilines is 5. The smallest absolute Gasteiger partial charge is 0.0884 e. The molecule has 0 heterocycles. The molecule has 1 aliphatic carbocycles. The van der Waals surface area contributed by atoms with Gasteiger partial charge in [0.2, 0.25) is 0 Å². The number of hydrogen-bond donors (Lipinski definition) is 0. The number of para-hydroxylation sites is 1. The number of nitrogens with zero attached hydrogens (tertiary/aromatic N) is 2. The molecule has 0 amide bonds. The Morgan fingerprint density at radius 1 is 0.512 bits per heavy atom. The fourth-order valence-corrected chi connectivity index (χ4v) is 5.29. The summed E-state index contributed by atoms with van der Waals surface area (Å²) < 4.78 is 0. The van der Waals surface area contributed by atoms with Crippen LogP contribution < -0.4 is 9.80 Å². The summed E-state index contributed by atoms with van der Waals surface area (Å²) in [6, 6.07) is 45.5. The molecular formula is C39H34N2. The van der Waals surface area contributed by atoms with Crippen LogP contribution >= 0.6 is 0 Å². The second-order valence-electron chi connectivity index (χ2n) is 10.7. The lowest BCUT2D eigenvalue weighted by atomic mass is 10.0. The number of benzene rings is 5. The van der Waals surface area contributed by atoms with Crippen molar-refractivity contribution in [3.63, 3.8) is 0 Å². The van der Waals surface area contributed by atoms with Crippen molar-refractivity contribution in [2.75, 3.05) is 9.80 Å². The molecule has 2 nitrogen and oxygen atoms in total. The summed E-state index contributed by atoms with van der Waals surface area (Å²) in [5.41, 5.74) is 15.1. The summed E-state index contributed by atoms with van der Waals surface area (Å²) in [4.78, 5) is 4.58. The third-order valence-electron chi connectivity index (χ3n) is 7.41. The van der Waals surface area contributed by atoms with Gasteiger partial charge in [-0.15, -0.1) is 0 Å². The maximum Gasteiger partial charge on any atom is 0.0884 e. The van der Waals surface area contributed by atoms with Crippen molar-refractivity contribution in [3.8, 4) is 11.1 Å². The molecule has 5 aromatic carbocycles. The molecule has 0 aliphatic heterocycles. The van der Waals surface area contributed by atoms with Gasteiger partial charge in [0.05, 0.1) is 5.70 Å². The maximum atomic E-state index is 3.50. The SMILES string of the molecule is Cc1cccc(N(C2=C=CC(C)C=C2)c2ccc(-c3ccc(N(c4ccccc4)c4cccc(C)c4)cc3)cc2)c1. The van der Waals surface area contributed by atoms with E-state index in [1.807, 2.05) is 0 Å². The van der Waals surface area contributed by atoms with Crippen LogP contribution in [0.15, 0.2) is 157 Å². The van der Waals surface area contributed by atoms with E-state index in [1.165, 1.54) is 22.3 Å². The van der Waals surface area contributed by atoms with Gasteiger partial charge in [-0.1, -0.05) is 85.5 Å². The zero-order valence-corrected chi connectivity index (χ0v) is 23.8. The fraction of sp³-hybridized carbons (Fsp3) is 0.103. The van der Waals surface area contributed by atoms with Crippen LogP contribution in [0.4, 0.5) is 28.4 Å². The van der Waals surface area contributed by atoms with Gasteiger partial charge in [0.25, 0.3) is 0 Å². The lowest BCUT2D eigenvalue weighted by Gasteiger charge is -2.27. The predicted octanol–water partition coefficient (Wildman–Crippen LogP) is 10.8. The first kappa shape index (κ1) is 26.2. The van der Waals surface area contributed by atoms with E-state index in [-0.39, 0.29) is 0 Å². The Balaban J connectivity index is 1.32. The Labute approximate surface area is 243 Å². The van der Waals surface area contributed by atoms with Crippen LogP contribution in [0.5, 0.6) is 0 Å². The highest BCUT2D eigenvalue weighted by Crippen LogP contribution is 2.37. The first-order valence-electron chi connectivity index (χ1n) is 14.2. The van der Waals surface area contributed by atoms with Crippen molar-refractivity contribution < 1.29 is 0 Å². The molecule has 0 spiro atoms. The van der Waals surface area contributed by atoms with Crippen LogP contribution in [0.3, 0.4) is 0 Å². The maximum absolute atomic E-state index is 3.50. The molecule has 0 saturated heterocycles. The molecule has 1 atom stereocenters. The van der Waals surface area contributed by atoms with E-state index in [0.29, 0.717) is 5.92 Å². The summed E-state index contributed by atoms with van der Waals surface area (Å²) >= 11 is 0. The minimum Gasteiger partial charge on any atom is -0.310 e. The summed E-state index contributed by atoms with van der Waals surface area (Å²) in [7, 11) is 0. The van der Waals surface area contributed by atoms with Gasteiger partial charge in [-0.2, -0.15) is 0 Å². The summed E-state index contributed by atoms with van der Waals surface area (Å²) in [6.07, 6.45) is 6.52. The normalized spacial score (nSPS) is 14.0. The third-order valence-corrected chi connectivity index (χ3v) is 7.41. The lowest BCUT2D eigenvalue weighted by Crippen LogP contribution is -2.15. The number of aryl methyl sites for hydroxylation is 2. The highest BCUT2D eigenvalue weighted by Gasteiger charge is 2.16. The van der Waals surface area contributed by atoms with E-state index >= 15 is 0 Å². The topological polar surface area (TPSA) is 6.48 Å². The average Bonchev–Trinajstić information content (AvgIpc) is 3.00. The largest absolute Gasteiger partial charge is 0.310 e. The van der Waals surface area contributed by atoms with Gasteiger partial charge < -0.3 is 9.80 Å². The molecule has 0 radical (unpaired) electrons. The first-order chi connectivity index (χ1) is 20.0. The second-order valence-corrected chi connectivity index (χ2v) is 10.7. The predicted molar refractivity (Wildman–Crippen MR) is 175 cm³/mol. The van der Waals surface area contributed by atoms with Crippen molar-refractivity contribution in [1.29, 1.82) is 0 Å². The molecule has 6 rings (SSSR count). The molecule has 41 heavy (non-hydrogen) atoms. The van der Waals surface area contributed by atoms with Crippen molar-refractivity contribution in [2.45, 2.75) is 20.8 Å². The molecule has 0 N–H and O–H groups in total. The van der Waals surface area contributed by atoms with Crippen molar-refractivity contribution in [2.24, 2.45) is 5.92 Å². The first-order valence-corrected chi connectivity index (χ1v) is 14.2. The Morgan fingerprint density at radius 2 is 1.00 bits per heavy atom. The van der Waals surface area contributed by atoms with E-state index in [1.54, 1.807) is 0 Å². The van der Waals surface area contributed by atoms with Gasteiger partial charge in [-0.05, 0) is 115 Å². The van der Waals surface area contributed by atoms with Gasteiger partial charge in [0.15, 0.2) is 0 Å². The summed E-state index contributed by atoms with van der Waals surface area (Å²) in [5.74, 6) is 0.396. The molecule has 0 bridgehead atoms. The molecule has 0 saturated carbocycles. The molecule has 0 fully saturated rings. The lowest BCUT2D eigenvalue weighted by molar-refractivity contribution is 0.927. The molecular weight excluding hydrogens is 496 g/mol. The van der Waals surface area contributed by atoms with Crippen LogP contribution in [-0.2, 0) is 0 Å². The fourth-order valence-electron chi connectivity index (χ4n) is 5.29. The van der Waals surface area contributed by atoms with Gasteiger partial charge in [0.1, 0.15) is 0 Å². The Hall–Kier alpha value is -5.04. The highest BCUT2D eigenvalue weighted by atomic mass is 15.1. The Morgan fingerprint density at radius 3 is 1.51 bits per heavy atom. The van der Waals surface area contributed by atoms with E-state index in [9.17, 15) is 0 Å². The minimum absolute atomic E-state index is 0.396. The molecule has 0 aromatic heterocycles. The van der Waals surface area contributed by atoms with Crippen molar-refractivity contribution >= 4 is 28.4 Å². The van der Waals surface area contributed by atoms with Gasteiger partial charge in [-0.25, -0.2) is 0 Å². The summed E-state index contributed by atoms with van der Waals surface area (Å²) in [5, 5.41) is 0. The van der Waals surface area contributed by atoms with Crippen LogP contribution in [0.2, 0.25) is 0 Å². The monoisotopic (exact) mass is 530 g/mol. The van der Waals surface area contributed by atoms with Crippen molar-refractivity contribution in [1.82, 2.24) is 0 Å². The Bertz CT molecular complexity index is 1740. The number of hydrogen-bond acceptors (Lipinski definition) is 2. The van der Waals surface area contributed by atoms with Crippen LogP contribution in [0.1, 0.15) is 18.1 Å². The van der Waals surface area contributed by atoms with Crippen LogP contribution in [0.25, 0.3) is 11.1 Å². The molecule has 200 valence electrons. The van der Waals surface area contributed by atoms with E-state index in [0.717, 1.165) is 34.1 Å². The number of allylic oxidation sites excluding steroid dienone is 2. The molecule has 1 aliphatic rings. The third kappa shape index (κ3) is 5.79. The van der Waals surface area contributed by atoms with Gasteiger partial charge >= 0.3 is 0 Å². The van der Waals surface area contributed by atoms with Crippen molar-refractivity contribution in [3.05, 3.63) is 168 Å². The molecule has 1 unspecified atom stereocenters. The number of rotatable bonds is 7. The van der Waals surface area contributed by atoms with Crippen LogP contribution in [-0.4, -0.2) is 0 Å². The van der Waals surface area contributed by atoms with E-state index in [2.05, 4.69) is 182 Å². The average molecular weight is 531 g/mol. The van der Waals surface area contributed by atoms with E-state index in [4.69, 9.17) is 0 Å². The quantitative estimate of drug-likeness (QED) is 0.193. The molecule has 2 heteroatoms. The minimum atomic E-state index is 0.396. The van der Waals surface area contributed by atoms with Gasteiger partial charge in [-0.3, -0.25) is 0 Å². The standard InChI is InChI=1S/C39H34N2/c1-29-15-21-35(22-16-29)41(39-14-8-10-31(3)28-39)37-25-19-33(20-26-37)32-17-23-36(24-18-32)40(34-11-5-4-6-12-34)38-13-7-9-30(2)27-38/h4-21,23-29H,1-3H3. The van der Waals surface area contributed by atoms with E-state index < -0.39 is 0 Å². The molecule has 5 aromatic rings. The zero-order valence-electron chi connectivity index (χ0n) is 23.8. The Kier molecular flexibility index (Phi) is 7.41. The second kappa shape index (κ2) is 11.6.